The lowest BCUT2D eigenvalue weighted by Crippen LogP contribution is -2.19. The highest BCUT2D eigenvalue weighted by Crippen LogP contribution is 2.16. The average molecular weight is 268 g/mol. The molecule has 2 N–H and O–H groups in total. The molecular formula is C14H12N4O2. The molecule has 0 aliphatic carbocycles. The molecule has 2 heterocycles. The zero-order valence-electron chi connectivity index (χ0n) is 10.8. The number of fused-ring (bicyclic) bond motifs is 1. The predicted octanol–water partition coefficient (Wildman–Crippen LogP) is 1.05. The van der Waals surface area contributed by atoms with Crippen LogP contribution in [0.1, 0.15) is 10.4 Å². The molecule has 0 bridgehead atoms. The van der Waals surface area contributed by atoms with E-state index in [9.17, 15) is 9.59 Å². The van der Waals surface area contributed by atoms with Crippen LogP contribution in [0, 0.1) is 0 Å². The third-order valence-electron chi connectivity index (χ3n) is 3.04. The van der Waals surface area contributed by atoms with E-state index in [0.29, 0.717) is 16.9 Å². The summed E-state index contributed by atoms with van der Waals surface area (Å²) in [7, 11) is 1.53. The maximum atomic E-state index is 12.1. The number of rotatable bonds is 2. The summed E-state index contributed by atoms with van der Waals surface area (Å²) in [6, 6.07) is 10.8. The smallest absolute Gasteiger partial charge is 0.273 e. The quantitative estimate of drug-likeness (QED) is 0.729. The Morgan fingerprint density at radius 3 is 2.75 bits per heavy atom. The highest BCUT2D eigenvalue weighted by molar-refractivity contribution is 5.99. The van der Waals surface area contributed by atoms with Crippen LogP contribution in [0.5, 0.6) is 0 Å². The van der Waals surface area contributed by atoms with Gasteiger partial charge in [-0.25, -0.2) is 9.50 Å². The fraction of sp³-hybridized carbons (Fsp3) is 0.0714. The zero-order valence-corrected chi connectivity index (χ0v) is 10.8. The number of hydrogen-bond donors (Lipinski definition) is 2. The summed E-state index contributed by atoms with van der Waals surface area (Å²) in [5.41, 5.74) is 1.76. The van der Waals surface area contributed by atoms with E-state index in [1.165, 1.54) is 23.8 Å². The molecule has 3 rings (SSSR count). The highest BCUT2D eigenvalue weighted by Gasteiger charge is 2.14. The van der Waals surface area contributed by atoms with Gasteiger partial charge in [-0.2, -0.15) is 0 Å². The first-order valence-corrected chi connectivity index (χ1v) is 6.09. The number of nitrogens with one attached hydrogen (secondary N) is 2. The van der Waals surface area contributed by atoms with Crippen LogP contribution in [0.2, 0.25) is 0 Å². The molecule has 0 radical (unpaired) electrons. The maximum Gasteiger partial charge on any atom is 0.273 e. The zero-order chi connectivity index (χ0) is 14.1. The van der Waals surface area contributed by atoms with E-state index in [-0.39, 0.29) is 11.5 Å². The van der Waals surface area contributed by atoms with Gasteiger partial charge in [-0.15, -0.1) is 0 Å². The minimum absolute atomic E-state index is 0.260. The van der Waals surface area contributed by atoms with Gasteiger partial charge in [0.1, 0.15) is 5.56 Å². The van der Waals surface area contributed by atoms with Crippen molar-refractivity contribution in [3.63, 3.8) is 0 Å². The molecule has 0 aliphatic heterocycles. The van der Waals surface area contributed by atoms with Crippen molar-refractivity contribution in [3.8, 4) is 11.3 Å². The van der Waals surface area contributed by atoms with Gasteiger partial charge in [0.25, 0.3) is 11.5 Å². The van der Waals surface area contributed by atoms with E-state index < -0.39 is 0 Å². The van der Waals surface area contributed by atoms with Crippen LogP contribution in [0.25, 0.3) is 16.9 Å². The second-order valence-electron chi connectivity index (χ2n) is 4.27. The minimum Gasteiger partial charge on any atom is -0.355 e. The van der Waals surface area contributed by atoms with Crippen molar-refractivity contribution < 1.29 is 4.79 Å². The predicted molar refractivity (Wildman–Crippen MR) is 74.6 cm³/mol. The molecule has 20 heavy (non-hydrogen) atoms. The molecule has 0 spiro atoms. The first kappa shape index (κ1) is 12.2. The molecular weight excluding hydrogens is 256 g/mol. The van der Waals surface area contributed by atoms with E-state index in [2.05, 4.69) is 15.4 Å². The van der Waals surface area contributed by atoms with Gasteiger partial charge in [0.15, 0.2) is 5.65 Å². The molecule has 6 heteroatoms. The molecule has 100 valence electrons. The van der Waals surface area contributed by atoms with Gasteiger partial charge in [-0.05, 0) is 0 Å². The molecule has 0 atom stereocenters. The molecule has 0 saturated carbocycles. The lowest BCUT2D eigenvalue weighted by Gasteiger charge is -2.02. The van der Waals surface area contributed by atoms with Gasteiger partial charge in [-0.3, -0.25) is 14.7 Å². The van der Waals surface area contributed by atoms with Crippen LogP contribution >= 0.6 is 0 Å². The monoisotopic (exact) mass is 268 g/mol. The number of H-pyrrole nitrogens is 1. The summed E-state index contributed by atoms with van der Waals surface area (Å²) in [6.07, 6.45) is 1.47. The summed E-state index contributed by atoms with van der Waals surface area (Å²) < 4.78 is 1.25. The summed E-state index contributed by atoms with van der Waals surface area (Å²) in [5.74, 6) is -0.291. The molecule has 0 fully saturated rings. The molecule has 6 nitrogen and oxygen atoms in total. The first-order chi connectivity index (χ1) is 9.70. The third kappa shape index (κ3) is 1.87. The number of carbonyl (C=O) groups is 1. The average Bonchev–Trinajstić information content (AvgIpc) is 2.92. The van der Waals surface area contributed by atoms with Crippen molar-refractivity contribution in [2.45, 2.75) is 0 Å². The van der Waals surface area contributed by atoms with Gasteiger partial charge in [0.05, 0.1) is 5.69 Å². The van der Waals surface area contributed by atoms with Crippen LogP contribution in [0.4, 0.5) is 0 Å². The van der Waals surface area contributed by atoms with Gasteiger partial charge >= 0.3 is 0 Å². The van der Waals surface area contributed by atoms with Crippen LogP contribution in [0.3, 0.4) is 0 Å². The highest BCUT2D eigenvalue weighted by atomic mass is 16.2. The van der Waals surface area contributed by atoms with E-state index in [4.69, 9.17) is 0 Å². The number of hydrogen-bond acceptors (Lipinski definition) is 3. The maximum absolute atomic E-state index is 12.1. The number of benzene rings is 1. The molecule has 0 aliphatic rings. The molecule has 0 unspecified atom stereocenters. The topological polar surface area (TPSA) is 79.3 Å². The van der Waals surface area contributed by atoms with Crippen LogP contribution in [-0.2, 0) is 0 Å². The van der Waals surface area contributed by atoms with Gasteiger partial charge < -0.3 is 5.32 Å². The van der Waals surface area contributed by atoms with Crippen molar-refractivity contribution in [1.29, 1.82) is 0 Å². The largest absolute Gasteiger partial charge is 0.355 e. The van der Waals surface area contributed by atoms with Crippen LogP contribution in [0.15, 0.2) is 47.4 Å². The minimum atomic E-state index is -0.291. The summed E-state index contributed by atoms with van der Waals surface area (Å²) in [4.78, 5) is 28.2. The summed E-state index contributed by atoms with van der Waals surface area (Å²) in [6.45, 7) is 0. The Kier molecular flexibility index (Phi) is 2.83. The van der Waals surface area contributed by atoms with Gasteiger partial charge in [0.2, 0.25) is 0 Å². The Labute approximate surface area is 114 Å². The van der Waals surface area contributed by atoms with E-state index in [1.54, 1.807) is 0 Å². The Morgan fingerprint density at radius 2 is 2.05 bits per heavy atom. The lowest BCUT2D eigenvalue weighted by molar-refractivity contribution is 0.0964. The number of aromatic amines is 1. The van der Waals surface area contributed by atoms with Crippen molar-refractivity contribution in [3.05, 3.63) is 58.5 Å². The Morgan fingerprint density at radius 1 is 1.30 bits per heavy atom. The molecule has 1 aromatic carbocycles. The van der Waals surface area contributed by atoms with Crippen molar-refractivity contribution in [2.75, 3.05) is 7.05 Å². The van der Waals surface area contributed by atoms with Crippen molar-refractivity contribution in [2.24, 2.45) is 0 Å². The first-order valence-electron chi connectivity index (χ1n) is 6.09. The summed E-state index contributed by atoms with van der Waals surface area (Å²) in [5, 5.41) is 5.26. The van der Waals surface area contributed by atoms with E-state index in [1.807, 2.05) is 30.3 Å². The summed E-state index contributed by atoms with van der Waals surface area (Å²) >= 11 is 0. The second-order valence-corrected chi connectivity index (χ2v) is 4.27. The van der Waals surface area contributed by atoms with E-state index in [0.717, 1.165) is 5.56 Å². The van der Waals surface area contributed by atoms with Gasteiger partial charge in [0, 0.05) is 24.9 Å². The Balaban J connectivity index is 2.27. The van der Waals surface area contributed by atoms with E-state index >= 15 is 0 Å². The van der Waals surface area contributed by atoms with Crippen molar-refractivity contribution in [1.82, 2.24) is 19.9 Å². The molecule has 0 saturated heterocycles. The second kappa shape index (κ2) is 4.65. The van der Waals surface area contributed by atoms with Crippen LogP contribution in [-0.4, -0.2) is 27.6 Å². The number of aromatic nitrogens is 3. The molecule has 3 aromatic rings. The lowest BCUT2D eigenvalue weighted by atomic mass is 10.1. The fourth-order valence-corrected chi connectivity index (χ4v) is 2.04. The van der Waals surface area contributed by atoms with Gasteiger partial charge in [-0.1, -0.05) is 30.3 Å². The SMILES string of the molecule is CNC(=O)c1c[nH]n2c(=O)cc(-c3ccccc3)nc12. The Hall–Kier alpha value is -2.89. The standard InChI is InChI=1S/C14H12N4O2/c1-15-14(20)10-8-16-18-12(19)7-11(17-13(10)18)9-5-3-2-4-6-9/h2-8,16H,1H3,(H,15,20). The third-order valence-corrected chi connectivity index (χ3v) is 3.04. The van der Waals surface area contributed by atoms with Crippen molar-refractivity contribution >= 4 is 11.6 Å². The normalized spacial score (nSPS) is 10.7. The fourth-order valence-electron chi connectivity index (χ4n) is 2.04. The number of nitrogens with zero attached hydrogens (tertiary/aromatic N) is 2. The van der Waals surface area contributed by atoms with Crippen LogP contribution < -0.4 is 10.9 Å². The Bertz CT molecular complexity index is 833. The molecule has 1 amide bonds. The number of carbonyl (C=O) groups excluding carboxylic acids is 1. The molecule has 2 aromatic heterocycles. The number of amides is 1.